The molecule has 7 nitrogen and oxygen atoms in total. The van der Waals surface area contributed by atoms with E-state index in [4.69, 9.17) is 16.7 Å². The van der Waals surface area contributed by atoms with Gasteiger partial charge in [-0.1, -0.05) is 31.4 Å². The SMILES string of the molecule is Cc1nc(C2CCC(C)CC2)c(C(=O)Nc2ccnc(S(N)(=O)=O)c2)c(C)c1Cl. The first-order valence-corrected chi connectivity index (χ1v) is 11.5. The molecule has 3 rings (SSSR count). The van der Waals surface area contributed by atoms with Gasteiger partial charge in [0.05, 0.1) is 22.0 Å². The summed E-state index contributed by atoms with van der Waals surface area (Å²) in [5.74, 6) is 0.489. The van der Waals surface area contributed by atoms with Crippen molar-refractivity contribution in [1.29, 1.82) is 0 Å². The molecule has 0 atom stereocenters. The molecule has 0 spiro atoms. The second-order valence-electron chi connectivity index (χ2n) is 7.74. The van der Waals surface area contributed by atoms with Crippen LogP contribution in [0.5, 0.6) is 0 Å². The van der Waals surface area contributed by atoms with Crippen molar-refractivity contribution in [2.24, 2.45) is 11.1 Å². The maximum Gasteiger partial charge on any atom is 0.257 e. The van der Waals surface area contributed by atoms with Gasteiger partial charge in [0.1, 0.15) is 0 Å². The maximum atomic E-state index is 13.2. The van der Waals surface area contributed by atoms with E-state index < -0.39 is 10.0 Å². The van der Waals surface area contributed by atoms with E-state index in [1.54, 1.807) is 0 Å². The lowest BCUT2D eigenvalue weighted by Gasteiger charge is -2.28. The molecule has 0 aliphatic heterocycles. The molecule has 2 aromatic rings. The quantitative estimate of drug-likeness (QED) is 0.753. The van der Waals surface area contributed by atoms with Crippen molar-refractivity contribution in [3.63, 3.8) is 0 Å². The fourth-order valence-electron chi connectivity index (χ4n) is 3.81. The first-order chi connectivity index (χ1) is 13.6. The highest BCUT2D eigenvalue weighted by atomic mass is 35.5. The molecular weight excluding hydrogens is 412 g/mol. The summed E-state index contributed by atoms with van der Waals surface area (Å²) in [5, 5.41) is 8.03. The summed E-state index contributed by atoms with van der Waals surface area (Å²) < 4.78 is 23.1. The molecule has 1 aliphatic carbocycles. The summed E-state index contributed by atoms with van der Waals surface area (Å²) in [5.41, 5.74) is 2.87. The van der Waals surface area contributed by atoms with Gasteiger partial charge in [-0.25, -0.2) is 18.5 Å². The Bertz CT molecular complexity index is 1050. The van der Waals surface area contributed by atoms with Crippen molar-refractivity contribution in [3.05, 3.63) is 45.9 Å². The molecule has 0 bridgehead atoms. The molecule has 2 heterocycles. The molecule has 1 aliphatic rings. The van der Waals surface area contributed by atoms with Crippen LogP contribution in [0.1, 0.15) is 65.8 Å². The number of carbonyl (C=O) groups is 1. The van der Waals surface area contributed by atoms with E-state index >= 15 is 0 Å². The highest BCUT2D eigenvalue weighted by Crippen LogP contribution is 2.38. The summed E-state index contributed by atoms with van der Waals surface area (Å²) in [4.78, 5) is 21.6. The van der Waals surface area contributed by atoms with Gasteiger partial charge in [-0.15, -0.1) is 0 Å². The molecule has 0 unspecified atom stereocenters. The number of hydrogen-bond acceptors (Lipinski definition) is 5. The second-order valence-corrected chi connectivity index (χ2v) is 9.62. The number of nitrogens with two attached hydrogens (primary N) is 1. The lowest BCUT2D eigenvalue weighted by Crippen LogP contribution is -2.22. The lowest BCUT2D eigenvalue weighted by atomic mass is 9.79. The number of rotatable bonds is 4. The fraction of sp³-hybridized carbons (Fsp3) is 0.450. The molecule has 29 heavy (non-hydrogen) atoms. The Labute approximate surface area is 176 Å². The Morgan fingerprint density at radius 2 is 1.90 bits per heavy atom. The zero-order chi connectivity index (χ0) is 21.3. The Balaban J connectivity index is 1.99. The number of halogens is 1. The van der Waals surface area contributed by atoms with E-state index in [2.05, 4.69) is 22.2 Å². The van der Waals surface area contributed by atoms with Crippen LogP contribution >= 0.6 is 11.6 Å². The number of aryl methyl sites for hydroxylation is 1. The van der Waals surface area contributed by atoms with Gasteiger partial charge >= 0.3 is 0 Å². The number of amides is 1. The van der Waals surface area contributed by atoms with Crippen LogP contribution in [0, 0.1) is 19.8 Å². The van der Waals surface area contributed by atoms with Crippen LogP contribution < -0.4 is 10.5 Å². The monoisotopic (exact) mass is 436 g/mol. The third kappa shape index (κ3) is 4.76. The van der Waals surface area contributed by atoms with E-state index in [1.807, 2.05) is 13.8 Å². The molecule has 2 aromatic heterocycles. The standard InChI is InChI=1S/C20H25ClN4O3S/c1-11-4-6-14(7-5-11)19-17(12(2)18(21)13(3)24-19)20(26)25-15-8-9-23-16(10-15)29(22,27)28/h8-11,14H,4-7H2,1-3H3,(H2,22,27,28)(H,23,25,26). The number of nitrogens with zero attached hydrogens (tertiary/aromatic N) is 2. The number of carbonyl (C=O) groups excluding carboxylic acids is 1. The zero-order valence-corrected chi connectivity index (χ0v) is 18.3. The van der Waals surface area contributed by atoms with E-state index in [0.717, 1.165) is 31.4 Å². The third-order valence-electron chi connectivity index (χ3n) is 5.48. The maximum absolute atomic E-state index is 13.2. The molecule has 156 valence electrons. The van der Waals surface area contributed by atoms with Gasteiger partial charge < -0.3 is 5.32 Å². The second kappa shape index (κ2) is 8.38. The van der Waals surface area contributed by atoms with Crippen LogP contribution in [0.3, 0.4) is 0 Å². The number of primary sulfonamides is 1. The van der Waals surface area contributed by atoms with Crippen LogP contribution in [-0.2, 0) is 10.0 Å². The van der Waals surface area contributed by atoms with Crippen molar-refractivity contribution in [2.45, 2.75) is 57.4 Å². The first kappa shape index (κ1) is 21.7. The molecular formula is C20H25ClN4O3S. The van der Waals surface area contributed by atoms with Gasteiger partial charge in [0.15, 0.2) is 5.03 Å². The molecule has 0 aromatic carbocycles. The molecule has 9 heteroatoms. The number of sulfonamides is 1. The van der Waals surface area contributed by atoms with Crippen molar-refractivity contribution < 1.29 is 13.2 Å². The summed E-state index contributed by atoms with van der Waals surface area (Å²) in [7, 11) is -3.97. The van der Waals surface area contributed by atoms with Gasteiger partial charge in [-0.05, 0) is 44.2 Å². The van der Waals surface area contributed by atoms with E-state index in [1.165, 1.54) is 18.3 Å². The van der Waals surface area contributed by atoms with Crippen LogP contribution in [0.2, 0.25) is 5.02 Å². The van der Waals surface area contributed by atoms with Crippen molar-refractivity contribution in [1.82, 2.24) is 9.97 Å². The fourth-order valence-corrected chi connectivity index (χ4v) is 4.45. The molecule has 1 fully saturated rings. The average Bonchev–Trinajstić information content (AvgIpc) is 2.66. The van der Waals surface area contributed by atoms with Gasteiger partial charge in [0, 0.05) is 23.9 Å². The van der Waals surface area contributed by atoms with E-state index in [-0.39, 0.29) is 22.5 Å². The summed E-state index contributed by atoms with van der Waals surface area (Å²) in [6.07, 6.45) is 5.41. The van der Waals surface area contributed by atoms with Crippen molar-refractivity contribution in [2.75, 3.05) is 5.32 Å². The largest absolute Gasteiger partial charge is 0.322 e. The molecule has 1 saturated carbocycles. The van der Waals surface area contributed by atoms with Crippen LogP contribution in [0.4, 0.5) is 5.69 Å². The van der Waals surface area contributed by atoms with Crippen molar-refractivity contribution >= 4 is 33.2 Å². The normalized spacial score (nSPS) is 19.8. The molecule has 1 amide bonds. The van der Waals surface area contributed by atoms with E-state index in [9.17, 15) is 13.2 Å². The highest BCUT2D eigenvalue weighted by molar-refractivity contribution is 7.89. The molecule has 0 radical (unpaired) electrons. The minimum Gasteiger partial charge on any atom is -0.322 e. The summed E-state index contributed by atoms with van der Waals surface area (Å²) >= 11 is 6.40. The van der Waals surface area contributed by atoms with Gasteiger partial charge in [0.2, 0.25) is 0 Å². The Morgan fingerprint density at radius 3 is 2.52 bits per heavy atom. The number of anilines is 1. The number of aromatic nitrogens is 2. The van der Waals surface area contributed by atoms with Crippen LogP contribution in [-0.4, -0.2) is 24.3 Å². The van der Waals surface area contributed by atoms with E-state index in [0.29, 0.717) is 27.8 Å². The lowest BCUT2D eigenvalue weighted by molar-refractivity contribution is 0.102. The van der Waals surface area contributed by atoms with Crippen molar-refractivity contribution in [3.8, 4) is 0 Å². The Morgan fingerprint density at radius 1 is 1.24 bits per heavy atom. The van der Waals surface area contributed by atoms with Gasteiger partial charge in [-0.3, -0.25) is 9.78 Å². The topological polar surface area (TPSA) is 115 Å². The Hall–Kier alpha value is -2.03. The Kier molecular flexibility index (Phi) is 6.26. The van der Waals surface area contributed by atoms with Crippen LogP contribution in [0.15, 0.2) is 23.4 Å². The predicted octanol–water partition coefficient (Wildman–Crippen LogP) is 3.94. The number of pyridine rings is 2. The minimum absolute atomic E-state index is 0.194. The van der Waals surface area contributed by atoms with Gasteiger partial charge in [-0.2, -0.15) is 0 Å². The minimum atomic E-state index is -3.97. The number of nitrogens with one attached hydrogen (secondary N) is 1. The summed E-state index contributed by atoms with van der Waals surface area (Å²) in [6, 6.07) is 2.74. The van der Waals surface area contributed by atoms with Gasteiger partial charge in [0.25, 0.3) is 15.9 Å². The third-order valence-corrected chi connectivity index (χ3v) is 6.84. The zero-order valence-electron chi connectivity index (χ0n) is 16.7. The molecule has 3 N–H and O–H groups in total. The van der Waals surface area contributed by atoms with Crippen LogP contribution in [0.25, 0.3) is 0 Å². The predicted molar refractivity (Wildman–Crippen MR) is 113 cm³/mol. The first-order valence-electron chi connectivity index (χ1n) is 9.54. The molecule has 0 saturated heterocycles. The highest BCUT2D eigenvalue weighted by Gasteiger charge is 2.28. The summed E-state index contributed by atoms with van der Waals surface area (Å²) in [6.45, 7) is 5.89. The smallest absolute Gasteiger partial charge is 0.257 e. The average molecular weight is 437 g/mol. The number of hydrogen-bond donors (Lipinski definition) is 2.